The molecule has 6 nitrogen and oxygen atoms in total. The molecule has 26 heavy (non-hydrogen) atoms. The number of carbonyl (C=O) groups is 1. The first kappa shape index (κ1) is 17.9. The van der Waals surface area contributed by atoms with E-state index in [2.05, 4.69) is 5.32 Å². The maximum absolute atomic E-state index is 12.4. The summed E-state index contributed by atoms with van der Waals surface area (Å²) in [5, 5.41) is 2.90. The Hall–Kier alpha value is -2.89. The molecule has 0 saturated carbocycles. The Bertz CT molecular complexity index is 790. The first-order chi connectivity index (χ1) is 12.6. The Kier molecular flexibility index (Phi) is 5.51. The van der Waals surface area contributed by atoms with E-state index >= 15 is 0 Å². The predicted octanol–water partition coefficient (Wildman–Crippen LogP) is 3.61. The zero-order chi connectivity index (χ0) is 18.5. The molecule has 0 fully saturated rings. The summed E-state index contributed by atoms with van der Waals surface area (Å²) < 4.78 is 21.6. The highest BCUT2D eigenvalue weighted by Crippen LogP contribution is 2.34. The number of carbonyl (C=O) groups excluding carboxylic acids is 1. The summed E-state index contributed by atoms with van der Waals surface area (Å²) in [6.45, 7) is 3.12. The Balaban J connectivity index is 1.64. The molecule has 3 rings (SSSR count). The van der Waals surface area contributed by atoms with Crippen molar-refractivity contribution >= 4 is 11.6 Å². The van der Waals surface area contributed by atoms with Crippen molar-refractivity contribution in [3.8, 4) is 23.0 Å². The summed E-state index contributed by atoms with van der Waals surface area (Å²) in [6, 6.07) is 11.1. The lowest BCUT2D eigenvalue weighted by molar-refractivity contribution is -0.116. The second kappa shape index (κ2) is 7.99. The molecule has 1 aliphatic rings. The Labute approximate surface area is 153 Å². The molecule has 138 valence electrons. The van der Waals surface area contributed by atoms with Gasteiger partial charge in [0.1, 0.15) is 13.2 Å². The van der Waals surface area contributed by atoms with Crippen molar-refractivity contribution in [3.63, 3.8) is 0 Å². The molecule has 0 radical (unpaired) electrons. The summed E-state index contributed by atoms with van der Waals surface area (Å²) in [5.41, 5.74) is 1.71. The minimum absolute atomic E-state index is 0.0472. The van der Waals surface area contributed by atoms with Gasteiger partial charge in [-0.25, -0.2) is 0 Å². The molecule has 1 aliphatic heterocycles. The zero-order valence-corrected chi connectivity index (χ0v) is 15.2. The Morgan fingerprint density at radius 3 is 2.50 bits per heavy atom. The summed E-state index contributed by atoms with van der Waals surface area (Å²) >= 11 is 0. The van der Waals surface area contributed by atoms with Gasteiger partial charge in [0.2, 0.25) is 5.91 Å². The number of rotatable bonds is 6. The molecule has 1 N–H and O–H groups in total. The van der Waals surface area contributed by atoms with Gasteiger partial charge in [-0.15, -0.1) is 0 Å². The number of hydrogen-bond acceptors (Lipinski definition) is 5. The van der Waals surface area contributed by atoms with Gasteiger partial charge in [-0.3, -0.25) is 4.79 Å². The largest absolute Gasteiger partial charge is 0.493 e. The van der Waals surface area contributed by atoms with Crippen LogP contribution in [0, 0.1) is 0 Å². The van der Waals surface area contributed by atoms with E-state index in [1.54, 1.807) is 32.4 Å². The fourth-order valence-corrected chi connectivity index (χ4v) is 2.89. The minimum Gasteiger partial charge on any atom is -0.493 e. The monoisotopic (exact) mass is 357 g/mol. The number of fused-ring (bicyclic) bond motifs is 1. The highest BCUT2D eigenvalue weighted by molar-refractivity contribution is 5.91. The van der Waals surface area contributed by atoms with Gasteiger partial charge in [0, 0.05) is 18.2 Å². The van der Waals surface area contributed by atoms with Gasteiger partial charge >= 0.3 is 0 Å². The molecule has 1 atom stereocenters. The van der Waals surface area contributed by atoms with E-state index in [9.17, 15) is 4.79 Å². The van der Waals surface area contributed by atoms with E-state index in [1.165, 1.54) is 0 Å². The summed E-state index contributed by atoms with van der Waals surface area (Å²) in [7, 11) is 3.14. The quantitative estimate of drug-likeness (QED) is 0.855. The van der Waals surface area contributed by atoms with Gasteiger partial charge in [-0.2, -0.15) is 0 Å². The van der Waals surface area contributed by atoms with E-state index in [-0.39, 0.29) is 11.8 Å². The third-order valence-electron chi connectivity index (χ3n) is 4.29. The predicted molar refractivity (Wildman–Crippen MR) is 98.6 cm³/mol. The first-order valence-corrected chi connectivity index (χ1v) is 8.52. The maximum atomic E-state index is 12.4. The molecule has 0 aromatic heterocycles. The van der Waals surface area contributed by atoms with Crippen LogP contribution in [-0.4, -0.2) is 33.3 Å². The highest BCUT2D eigenvalue weighted by atomic mass is 16.6. The van der Waals surface area contributed by atoms with E-state index in [4.69, 9.17) is 18.9 Å². The fraction of sp³-hybridized carbons (Fsp3) is 0.350. The third-order valence-corrected chi connectivity index (χ3v) is 4.29. The van der Waals surface area contributed by atoms with Crippen molar-refractivity contribution in [2.75, 3.05) is 32.8 Å². The smallest absolute Gasteiger partial charge is 0.224 e. The highest BCUT2D eigenvalue weighted by Gasteiger charge is 2.17. The van der Waals surface area contributed by atoms with Crippen LogP contribution in [0.2, 0.25) is 0 Å². The molecule has 0 bridgehead atoms. The van der Waals surface area contributed by atoms with Crippen LogP contribution in [0.4, 0.5) is 5.69 Å². The summed E-state index contributed by atoms with van der Waals surface area (Å²) in [5.74, 6) is 2.66. The minimum atomic E-state index is -0.0698. The van der Waals surface area contributed by atoms with Gasteiger partial charge in [0.25, 0.3) is 0 Å². The topological polar surface area (TPSA) is 66.0 Å². The second-order valence-corrected chi connectivity index (χ2v) is 6.13. The van der Waals surface area contributed by atoms with Crippen molar-refractivity contribution < 1.29 is 23.7 Å². The van der Waals surface area contributed by atoms with Gasteiger partial charge in [0.15, 0.2) is 23.0 Å². The molecule has 1 heterocycles. The average molecular weight is 357 g/mol. The Morgan fingerprint density at radius 1 is 1.04 bits per heavy atom. The SMILES string of the molecule is COc1ccc(NC(=O)CC(C)c2ccc3c(c2)OCCO3)cc1OC. The van der Waals surface area contributed by atoms with Crippen LogP contribution < -0.4 is 24.3 Å². The molecule has 6 heteroatoms. The van der Waals surface area contributed by atoms with Crippen molar-refractivity contribution in [3.05, 3.63) is 42.0 Å². The van der Waals surface area contributed by atoms with E-state index in [0.29, 0.717) is 36.8 Å². The molecular formula is C20H23NO5. The van der Waals surface area contributed by atoms with Crippen molar-refractivity contribution in [1.29, 1.82) is 0 Å². The molecular weight excluding hydrogens is 334 g/mol. The van der Waals surface area contributed by atoms with Crippen LogP contribution in [0.5, 0.6) is 23.0 Å². The molecule has 0 aliphatic carbocycles. The molecule has 2 aromatic carbocycles. The van der Waals surface area contributed by atoms with Crippen molar-refractivity contribution in [1.82, 2.24) is 0 Å². The van der Waals surface area contributed by atoms with Gasteiger partial charge in [-0.05, 0) is 35.7 Å². The van der Waals surface area contributed by atoms with Crippen LogP contribution in [0.3, 0.4) is 0 Å². The van der Waals surface area contributed by atoms with Crippen LogP contribution in [0.15, 0.2) is 36.4 Å². The summed E-state index contributed by atoms with van der Waals surface area (Å²) in [6.07, 6.45) is 0.355. The number of anilines is 1. The van der Waals surface area contributed by atoms with Gasteiger partial charge in [-0.1, -0.05) is 13.0 Å². The lowest BCUT2D eigenvalue weighted by Gasteiger charge is -2.20. The van der Waals surface area contributed by atoms with Crippen LogP contribution >= 0.6 is 0 Å². The fourth-order valence-electron chi connectivity index (χ4n) is 2.89. The first-order valence-electron chi connectivity index (χ1n) is 8.52. The van der Waals surface area contributed by atoms with E-state index in [1.807, 2.05) is 25.1 Å². The third kappa shape index (κ3) is 4.02. The molecule has 1 unspecified atom stereocenters. The van der Waals surface area contributed by atoms with Crippen LogP contribution in [-0.2, 0) is 4.79 Å². The normalized spacial score (nSPS) is 13.7. The molecule has 0 spiro atoms. The molecule has 0 saturated heterocycles. The molecule has 1 amide bonds. The Morgan fingerprint density at radius 2 is 1.77 bits per heavy atom. The average Bonchev–Trinajstić information content (AvgIpc) is 2.67. The number of methoxy groups -OCH3 is 2. The second-order valence-electron chi connectivity index (χ2n) is 6.13. The van der Waals surface area contributed by atoms with Crippen molar-refractivity contribution in [2.45, 2.75) is 19.3 Å². The number of hydrogen-bond donors (Lipinski definition) is 1. The summed E-state index contributed by atoms with van der Waals surface area (Å²) in [4.78, 5) is 12.4. The lowest BCUT2D eigenvalue weighted by atomic mass is 9.97. The van der Waals surface area contributed by atoms with Crippen LogP contribution in [0.1, 0.15) is 24.8 Å². The number of benzene rings is 2. The number of amides is 1. The lowest BCUT2D eigenvalue weighted by Crippen LogP contribution is -2.16. The number of nitrogens with one attached hydrogen (secondary N) is 1. The van der Waals surface area contributed by atoms with Crippen molar-refractivity contribution in [2.24, 2.45) is 0 Å². The van der Waals surface area contributed by atoms with E-state index < -0.39 is 0 Å². The zero-order valence-electron chi connectivity index (χ0n) is 15.2. The maximum Gasteiger partial charge on any atom is 0.224 e. The number of ether oxygens (including phenoxy) is 4. The van der Waals surface area contributed by atoms with Gasteiger partial charge < -0.3 is 24.3 Å². The standard InChI is InChI=1S/C20H23NO5/c1-13(14-4-6-17-19(11-14)26-9-8-25-17)10-20(22)21-15-5-7-16(23-2)18(12-15)24-3/h4-7,11-13H,8-10H2,1-3H3,(H,21,22). The van der Waals surface area contributed by atoms with Gasteiger partial charge in [0.05, 0.1) is 14.2 Å². The molecule has 2 aromatic rings. The van der Waals surface area contributed by atoms with E-state index in [0.717, 1.165) is 17.1 Å². The van der Waals surface area contributed by atoms with Crippen LogP contribution in [0.25, 0.3) is 0 Å².